The molecule has 0 radical (unpaired) electrons. The van der Waals surface area contributed by atoms with Crippen LogP contribution in [0.2, 0.25) is 0 Å². The molecule has 80 valence electrons. The van der Waals surface area contributed by atoms with Crippen molar-refractivity contribution in [1.82, 2.24) is 0 Å². The van der Waals surface area contributed by atoms with Crippen molar-refractivity contribution in [2.75, 3.05) is 0 Å². The van der Waals surface area contributed by atoms with Crippen molar-refractivity contribution in [2.45, 2.75) is 5.66 Å². The maximum atomic E-state index is 13.0. The van der Waals surface area contributed by atoms with Gasteiger partial charge in [0.15, 0.2) is 0 Å². The Labute approximate surface area is 95.6 Å². The van der Waals surface area contributed by atoms with E-state index in [9.17, 15) is 4.57 Å². The van der Waals surface area contributed by atoms with E-state index in [2.05, 4.69) is 18.2 Å². The number of benzene rings is 1. The van der Waals surface area contributed by atoms with E-state index >= 15 is 0 Å². The van der Waals surface area contributed by atoms with E-state index in [1.54, 1.807) is 0 Å². The summed E-state index contributed by atoms with van der Waals surface area (Å²) in [7, 11) is -2.37. The Morgan fingerprint density at radius 3 is 2.50 bits per heavy atom. The molecule has 0 saturated carbocycles. The second-order valence-corrected chi connectivity index (χ2v) is 7.05. The molecule has 3 atom stereocenters. The van der Waals surface area contributed by atoms with Gasteiger partial charge in [-0.1, -0.05) is 60.7 Å². The predicted molar refractivity (Wildman–Crippen MR) is 68.4 cm³/mol. The Balaban J connectivity index is 2.08. The zero-order valence-electron chi connectivity index (χ0n) is 8.86. The molecule has 1 aliphatic carbocycles. The van der Waals surface area contributed by atoms with E-state index in [1.165, 1.54) is 0 Å². The van der Waals surface area contributed by atoms with Crippen molar-refractivity contribution in [3.8, 4) is 0 Å². The van der Waals surface area contributed by atoms with Gasteiger partial charge in [-0.05, 0) is 5.82 Å². The first-order chi connectivity index (χ1) is 7.81. The lowest BCUT2D eigenvalue weighted by Crippen LogP contribution is -2.17. The second kappa shape index (κ2) is 3.61. The van der Waals surface area contributed by atoms with Crippen molar-refractivity contribution in [3.63, 3.8) is 0 Å². The molecular formula is C14H13OP. The largest absolute Gasteiger partial charge is 0.314 e. The van der Waals surface area contributed by atoms with Crippen LogP contribution in [0.4, 0.5) is 0 Å². The van der Waals surface area contributed by atoms with Gasteiger partial charge >= 0.3 is 0 Å². The summed E-state index contributed by atoms with van der Waals surface area (Å²) < 4.78 is 13.0. The molecule has 2 heteroatoms. The zero-order chi connectivity index (χ0) is 11.0. The van der Waals surface area contributed by atoms with E-state index in [-0.39, 0.29) is 5.66 Å². The van der Waals surface area contributed by atoms with Gasteiger partial charge in [0.1, 0.15) is 7.14 Å². The molecule has 1 nitrogen and oxygen atoms in total. The average Bonchev–Trinajstić information content (AvgIpc) is 2.71. The van der Waals surface area contributed by atoms with Gasteiger partial charge in [0, 0.05) is 16.9 Å². The minimum atomic E-state index is -2.37. The Kier molecular flexibility index (Phi) is 2.22. The van der Waals surface area contributed by atoms with Gasteiger partial charge in [0.25, 0.3) is 0 Å². The molecule has 1 aromatic rings. The summed E-state index contributed by atoms with van der Waals surface area (Å²) in [6, 6.07) is 9.82. The van der Waals surface area contributed by atoms with E-state index in [0.29, 0.717) is 5.92 Å². The van der Waals surface area contributed by atoms with E-state index in [1.807, 2.05) is 48.3 Å². The van der Waals surface area contributed by atoms with Crippen LogP contribution in [-0.4, -0.2) is 5.66 Å². The highest BCUT2D eigenvalue weighted by molar-refractivity contribution is 7.75. The van der Waals surface area contributed by atoms with Crippen molar-refractivity contribution in [2.24, 2.45) is 5.92 Å². The fourth-order valence-electron chi connectivity index (χ4n) is 2.42. The molecule has 0 bridgehead atoms. The van der Waals surface area contributed by atoms with Gasteiger partial charge in [0.2, 0.25) is 0 Å². The highest BCUT2D eigenvalue weighted by Gasteiger charge is 2.39. The van der Waals surface area contributed by atoms with Gasteiger partial charge < -0.3 is 4.57 Å². The monoisotopic (exact) mass is 228 g/mol. The molecule has 2 aliphatic rings. The zero-order valence-corrected chi connectivity index (χ0v) is 9.76. The normalized spacial score (nSPS) is 35.2. The molecule has 3 rings (SSSR count). The Morgan fingerprint density at radius 1 is 0.938 bits per heavy atom. The molecule has 1 aliphatic heterocycles. The van der Waals surface area contributed by atoms with Crippen LogP contribution in [0.1, 0.15) is 0 Å². The molecule has 0 aromatic heterocycles. The van der Waals surface area contributed by atoms with Crippen LogP contribution in [0.15, 0.2) is 66.5 Å². The maximum absolute atomic E-state index is 13.0. The van der Waals surface area contributed by atoms with Crippen LogP contribution in [0.25, 0.3) is 0 Å². The summed E-state index contributed by atoms with van der Waals surface area (Å²) in [5.41, 5.74) is 0.139. The molecule has 0 N–H and O–H groups in total. The lowest BCUT2D eigenvalue weighted by Gasteiger charge is -2.22. The maximum Gasteiger partial charge on any atom is 0.143 e. The third-order valence-electron chi connectivity index (χ3n) is 3.28. The summed E-state index contributed by atoms with van der Waals surface area (Å²) in [5.74, 6) is 2.24. The number of hydrogen-bond acceptors (Lipinski definition) is 1. The summed E-state index contributed by atoms with van der Waals surface area (Å²) in [6.45, 7) is 0. The van der Waals surface area contributed by atoms with Crippen molar-refractivity contribution in [1.29, 1.82) is 0 Å². The fraction of sp³-hybridized carbons (Fsp3) is 0.143. The van der Waals surface area contributed by atoms with E-state index in [0.717, 1.165) is 5.30 Å². The highest BCUT2D eigenvalue weighted by atomic mass is 31.2. The van der Waals surface area contributed by atoms with Gasteiger partial charge in [-0.2, -0.15) is 0 Å². The lowest BCUT2D eigenvalue weighted by atomic mass is 10.0. The standard InChI is InChI=1S/C14H13OP/c15-16(13-7-2-1-3-8-13)11-10-12-6-4-5-9-14(12)16/h1-12,14H/t12-,14+,16+/m0/s1. The van der Waals surface area contributed by atoms with Crippen LogP contribution < -0.4 is 5.30 Å². The fourth-order valence-corrected chi connectivity index (χ4v) is 5.29. The summed E-state index contributed by atoms with van der Waals surface area (Å²) in [6.07, 6.45) is 10.3. The van der Waals surface area contributed by atoms with Crippen LogP contribution in [-0.2, 0) is 4.57 Å². The van der Waals surface area contributed by atoms with Gasteiger partial charge in [-0.3, -0.25) is 0 Å². The first kappa shape index (κ1) is 9.86. The van der Waals surface area contributed by atoms with Gasteiger partial charge in [-0.15, -0.1) is 0 Å². The molecule has 0 amide bonds. The molecule has 16 heavy (non-hydrogen) atoms. The summed E-state index contributed by atoms with van der Waals surface area (Å²) >= 11 is 0. The number of fused-ring (bicyclic) bond motifs is 1. The minimum Gasteiger partial charge on any atom is -0.314 e. The van der Waals surface area contributed by atoms with E-state index < -0.39 is 7.14 Å². The lowest BCUT2D eigenvalue weighted by molar-refractivity contribution is 0.580. The second-order valence-electron chi connectivity index (χ2n) is 4.22. The number of rotatable bonds is 1. The molecular weight excluding hydrogens is 215 g/mol. The summed E-state index contributed by atoms with van der Waals surface area (Å²) in [4.78, 5) is 0. The smallest absolute Gasteiger partial charge is 0.143 e. The Bertz CT molecular complexity index is 525. The average molecular weight is 228 g/mol. The number of hydrogen-bond donors (Lipinski definition) is 0. The minimum absolute atomic E-state index is 0.139. The van der Waals surface area contributed by atoms with Crippen molar-refractivity contribution < 1.29 is 4.57 Å². The quantitative estimate of drug-likeness (QED) is 0.674. The predicted octanol–water partition coefficient (Wildman–Crippen LogP) is 3.31. The highest BCUT2D eigenvalue weighted by Crippen LogP contribution is 2.59. The third kappa shape index (κ3) is 1.36. The first-order valence-corrected chi connectivity index (χ1v) is 7.35. The third-order valence-corrected chi connectivity index (χ3v) is 6.40. The first-order valence-electron chi connectivity index (χ1n) is 5.50. The summed E-state index contributed by atoms with van der Waals surface area (Å²) in [5, 5.41) is 0.971. The van der Waals surface area contributed by atoms with Crippen LogP contribution >= 0.6 is 7.14 Å². The Hall–Kier alpha value is -1.33. The van der Waals surface area contributed by atoms with Crippen LogP contribution in [0, 0.1) is 5.92 Å². The van der Waals surface area contributed by atoms with Crippen molar-refractivity contribution >= 4 is 12.4 Å². The SMILES string of the molecule is O=[P@@]1(c2ccccc2)C=C[C@@H]2C=CC=C[C@H]21. The topological polar surface area (TPSA) is 17.1 Å². The molecule has 0 saturated heterocycles. The molecule has 0 fully saturated rings. The van der Waals surface area contributed by atoms with Crippen molar-refractivity contribution in [3.05, 3.63) is 66.5 Å². The number of allylic oxidation sites excluding steroid dienone is 5. The molecule has 0 unspecified atom stereocenters. The van der Waals surface area contributed by atoms with E-state index in [4.69, 9.17) is 0 Å². The van der Waals surface area contributed by atoms with Gasteiger partial charge in [0.05, 0.1) is 0 Å². The molecule has 1 heterocycles. The molecule has 0 spiro atoms. The van der Waals surface area contributed by atoms with Gasteiger partial charge in [-0.25, -0.2) is 0 Å². The van der Waals surface area contributed by atoms with Crippen LogP contribution in [0.3, 0.4) is 0 Å². The molecule has 1 aromatic carbocycles. The Morgan fingerprint density at radius 2 is 1.69 bits per heavy atom. The van der Waals surface area contributed by atoms with Crippen LogP contribution in [0.5, 0.6) is 0 Å².